The molecule has 0 bridgehead atoms. The maximum absolute atomic E-state index is 14.2. The highest BCUT2D eigenvalue weighted by Crippen LogP contribution is 2.41. The van der Waals surface area contributed by atoms with Crippen molar-refractivity contribution in [1.29, 1.82) is 0 Å². The van der Waals surface area contributed by atoms with Crippen LogP contribution >= 0.6 is 0 Å². The first-order valence-electron chi connectivity index (χ1n) is 21.6. The van der Waals surface area contributed by atoms with Gasteiger partial charge in [-0.15, -0.1) is 0 Å². The van der Waals surface area contributed by atoms with Crippen molar-refractivity contribution in [2.24, 2.45) is 5.73 Å². The Balaban J connectivity index is 0.000000378. The highest BCUT2D eigenvalue weighted by molar-refractivity contribution is 7.20. The van der Waals surface area contributed by atoms with Gasteiger partial charge in [-0.3, -0.25) is 9.59 Å². The fourth-order valence-corrected chi connectivity index (χ4v) is 8.58. The number of fused-ring (bicyclic) bond motifs is 1. The lowest BCUT2D eigenvalue weighted by atomic mass is 9.12. The average Bonchev–Trinajstić information content (AvgIpc) is 3.32. The Morgan fingerprint density at radius 3 is 0.899 bits per heavy atom. The molecule has 0 fully saturated rings. The molecule has 0 aliphatic carbocycles. The minimum Gasteiger partial charge on any atom is -0.366 e. The molecule has 2 N–H and O–H groups in total. The summed E-state index contributed by atoms with van der Waals surface area (Å²) < 4.78 is 343. The van der Waals surface area contributed by atoms with E-state index in [1.54, 1.807) is 24.4 Å². The van der Waals surface area contributed by atoms with Gasteiger partial charge in [-0.2, -0.15) is 132 Å². The summed E-state index contributed by atoms with van der Waals surface area (Å²) in [6, 6.07) is 9.41. The van der Waals surface area contributed by atoms with Crippen LogP contribution in [0.25, 0.3) is 10.9 Å². The number of ketones is 1. The van der Waals surface area contributed by atoms with Crippen LogP contribution in [-0.2, 0) is 56.0 Å². The lowest BCUT2D eigenvalue weighted by molar-refractivity contribution is -0.657. The van der Waals surface area contributed by atoms with Gasteiger partial charge in [-0.05, 0) is 30.3 Å². The van der Waals surface area contributed by atoms with Crippen molar-refractivity contribution in [2.45, 2.75) is 56.0 Å². The maximum atomic E-state index is 14.2. The van der Waals surface area contributed by atoms with Crippen molar-refractivity contribution in [3.63, 3.8) is 0 Å². The second-order valence-electron chi connectivity index (χ2n) is 17.3. The Kier molecular flexibility index (Phi) is 15.9. The SMILES string of the molecule is FC(F)(F)c1cc([B-](c2cc(C(F)(F)F)cc(C(F)(F)F)c2)(c2cc(C(F)(F)F)cc(C(F)(F)F)c2)c2cc(C(F)(F)F)cc(C(F)(F)F)c2)cc(C(F)(F)F)c1.NC(=O)c1cc[n+](CC(=O)c2ccccc2)c2ccccc12. The number of hydrogen-bond acceptors (Lipinski definition) is 2. The Bertz CT molecular complexity index is 2990. The summed E-state index contributed by atoms with van der Waals surface area (Å²) in [5.41, 5.74) is -22.9. The number of carbonyl (C=O) groups excluding carboxylic acids is 2. The summed E-state index contributed by atoms with van der Waals surface area (Å²) in [7, 11) is 0. The fourth-order valence-electron chi connectivity index (χ4n) is 8.58. The number of para-hydroxylation sites is 1. The summed E-state index contributed by atoms with van der Waals surface area (Å²) in [6.07, 6.45) is -53.1. The van der Waals surface area contributed by atoms with E-state index in [9.17, 15) is 115 Å². The van der Waals surface area contributed by atoms with Crippen molar-refractivity contribution in [3.05, 3.63) is 195 Å². The van der Waals surface area contributed by atoms with E-state index in [0.29, 0.717) is 11.1 Å². The monoisotopic (exact) mass is 1150 g/mol. The van der Waals surface area contributed by atoms with Crippen LogP contribution in [0.15, 0.2) is 140 Å². The van der Waals surface area contributed by atoms with Gasteiger partial charge in [0.15, 0.2) is 6.20 Å². The van der Waals surface area contributed by atoms with Crippen LogP contribution < -0.4 is 32.2 Å². The molecule has 79 heavy (non-hydrogen) atoms. The molecule has 1 heterocycles. The van der Waals surface area contributed by atoms with Crippen LogP contribution in [0, 0.1) is 0 Å². The third-order valence-electron chi connectivity index (χ3n) is 12.0. The molecule has 7 rings (SSSR count). The largest absolute Gasteiger partial charge is 0.416 e. The topological polar surface area (TPSA) is 64.0 Å². The van der Waals surface area contributed by atoms with E-state index in [1.165, 1.54) is 0 Å². The third kappa shape index (κ3) is 13.4. The van der Waals surface area contributed by atoms with E-state index < -0.39 is 201 Å². The molecule has 0 aliphatic rings. The van der Waals surface area contributed by atoms with Gasteiger partial charge in [0.05, 0.1) is 55.5 Å². The molecule has 0 spiro atoms. The van der Waals surface area contributed by atoms with Gasteiger partial charge in [0, 0.05) is 17.7 Å². The van der Waals surface area contributed by atoms with Crippen molar-refractivity contribution >= 4 is 50.6 Å². The van der Waals surface area contributed by atoms with Crippen LogP contribution in [-0.4, -0.2) is 17.8 Å². The number of aromatic nitrogens is 1. The number of nitrogens with two attached hydrogens (primary N) is 1. The Morgan fingerprint density at radius 2 is 0.633 bits per heavy atom. The van der Waals surface area contributed by atoms with Gasteiger partial charge in [0.25, 0.3) is 0 Å². The molecule has 6 aromatic carbocycles. The Morgan fingerprint density at radius 1 is 0.367 bits per heavy atom. The van der Waals surface area contributed by atoms with E-state index in [4.69, 9.17) is 5.73 Å². The standard InChI is InChI=1S/C32H12BF24.C18H14N2O2/c34-25(35,36)13-1-14(26(37,38)39)6-21(5-13)33(22-7-15(27(40,41)42)2-16(8-22)28(43,44)45,23-9-17(29(46,47)48)3-18(10-23)30(49,50)51)24-11-19(31(52,53)54)4-20(12-24)32(55,56)57;19-18(22)15-10-11-20(16-9-5-4-8-14(15)16)12-17(21)13-6-2-1-3-7-13/h1-12H;1-11H,12H2,(H-,19,22)/q-1;/p+1. The summed E-state index contributed by atoms with van der Waals surface area (Å²) >= 11 is 0. The first kappa shape index (κ1) is 60.5. The van der Waals surface area contributed by atoms with Gasteiger partial charge >= 0.3 is 49.4 Å². The van der Waals surface area contributed by atoms with E-state index in [2.05, 4.69) is 0 Å². The summed E-state index contributed by atoms with van der Waals surface area (Å²) in [6.45, 7) is 0.212. The zero-order chi connectivity index (χ0) is 59.4. The van der Waals surface area contributed by atoms with Crippen molar-refractivity contribution in [3.8, 4) is 0 Å². The minimum absolute atomic E-state index is 0.0163. The zero-order valence-corrected chi connectivity index (χ0v) is 38.5. The minimum atomic E-state index is -6.13. The van der Waals surface area contributed by atoms with Gasteiger partial charge in [-0.1, -0.05) is 91.0 Å². The van der Waals surface area contributed by atoms with E-state index in [0.717, 1.165) is 10.9 Å². The number of hydrogen-bond donors (Lipinski definition) is 1. The summed E-state index contributed by atoms with van der Waals surface area (Å²) in [4.78, 5) is 23.9. The smallest absolute Gasteiger partial charge is 0.366 e. The molecular weight excluding hydrogens is 1130 g/mol. The van der Waals surface area contributed by atoms with Crippen LogP contribution in [0.5, 0.6) is 0 Å². The van der Waals surface area contributed by atoms with Crippen LogP contribution in [0.3, 0.4) is 0 Å². The molecule has 0 aliphatic heterocycles. The number of primary amides is 1. The van der Waals surface area contributed by atoms with Gasteiger partial charge in [0.1, 0.15) is 6.15 Å². The number of rotatable bonds is 8. The lowest BCUT2D eigenvalue weighted by Gasteiger charge is -2.46. The quantitative estimate of drug-likeness (QED) is 0.0713. The van der Waals surface area contributed by atoms with Crippen molar-refractivity contribution in [1.82, 2.24) is 0 Å². The lowest BCUT2D eigenvalue weighted by Crippen LogP contribution is -2.75. The van der Waals surface area contributed by atoms with E-state index in [1.807, 2.05) is 47.0 Å². The van der Waals surface area contributed by atoms with Gasteiger partial charge < -0.3 is 5.73 Å². The molecule has 0 atom stereocenters. The van der Waals surface area contributed by atoms with Crippen LogP contribution in [0.1, 0.15) is 65.2 Å². The second-order valence-corrected chi connectivity index (χ2v) is 17.3. The highest BCUT2D eigenvalue weighted by atomic mass is 19.4. The summed E-state index contributed by atoms with van der Waals surface area (Å²) in [5, 5.41) is 0.748. The van der Waals surface area contributed by atoms with Crippen molar-refractivity contribution in [2.75, 3.05) is 0 Å². The average molecular weight is 1150 g/mol. The molecule has 29 heteroatoms. The van der Waals surface area contributed by atoms with Gasteiger partial charge in [0.2, 0.25) is 23.8 Å². The number of pyridine rings is 1. The molecule has 420 valence electrons. The molecule has 0 saturated heterocycles. The Labute approximate surface area is 426 Å². The predicted octanol–water partition coefficient (Wildman–Crippen LogP) is 13.3. The number of Topliss-reactive ketones (excluding diaryl/α,β-unsaturated/α-hetero) is 1. The van der Waals surface area contributed by atoms with Gasteiger partial charge in [-0.25, -0.2) is 0 Å². The fraction of sp³-hybridized carbons (Fsp3) is 0.180. The molecule has 1 aromatic heterocycles. The second kappa shape index (κ2) is 20.8. The zero-order valence-electron chi connectivity index (χ0n) is 38.5. The number of benzene rings is 6. The normalized spacial score (nSPS) is 13.3. The third-order valence-corrected chi connectivity index (χ3v) is 12.0. The highest BCUT2D eigenvalue weighted by Gasteiger charge is 2.47. The number of halogens is 24. The molecule has 7 aromatic rings. The molecule has 4 nitrogen and oxygen atoms in total. The first-order valence-corrected chi connectivity index (χ1v) is 21.6. The van der Waals surface area contributed by atoms with E-state index >= 15 is 0 Å². The van der Waals surface area contributed by atoms with E-state index in [-0.39, 0.29) is 12.3 Å². The Hall–Kier alpha value is -7.75. The first-order chi connectivity index (χ1) is 35.9. The molecular formula is C50H27BF24N2O2. The van der Waals surface area contributed by atoms with Crippen molar-refractivity contribution < 1.29 is 120 Å². The maximum Gasteiger partial charge on any atom is 0.416 e. The van der Waals surface area contributed by atoms with Crippen LogP contribution in [0.2, 0.25) is 0 Å². The number of alkyl halides is 24. The number of nitrogens with zero attached hydrogens (tertiary/aromatic N) is 1. The molecule has 1 amide bonds. The molecule has 0 unspecified atom stereocenters. The number of amides is 1. The van der Waals surface area contributed by atoms with Crippen LogP contribution in [0.4, 0.5) is 105 Å². The predicted molar refractivity (Wildman–Crippen MR) is 234 cm³/mol. The number of carbonyl (C=O) groups is 2. The summed E-state index contributed by atoms with van der Waals surface area (Å²) in [5.74, 6) is -0.458. The molecule has 0 radical (unpaired) electrons. The molecule has 0 saturated carbocycles.